The lowest BCUT2D eigenvalue weighted by atomic mass is 9.89. The standard InChI is InChI=1S/C22H28O.C5H10.C3H8/c1-6-19(12-11-18(5)23-21-13-14-21)17(4)15-20-9-7-8-10-22(20)16(2)3;1-3-5-4-2;1-3-2/h6-12,17,21H,1-2,13-15H2,3-5H3;3H,1,4-5H2,2H3;3H2,1-2H3/b18-11+,19-12+;;. The van der Waals surface area contributed by atoms with E-state index in [4.69, 9.17) is 4.74 Å². The Kier molecular flexibility index (Phi) is 16.1. The van der Waals surface area contributed by atoms with E-state index in [1.165, 1.54) is 42.4 Å². The summed E-state index contributed by atoms with van der Waals surface area (Å²) in [6, 6.07) is 8.51. The van der Waals surface area contributed by atoms with Gasteiger partial charge in [-0.05, 0) is 68.2 Å². The summed E-state index contributed by atoms with van der Waals surface area (Å²) >= 11 is 0. The first kappa shape index (κ1) is 28.7. The van der Waals surface area contributed by atoms with Gasteiger partial charge in [0.1, 0.15) is 0 Å². The summed E-state index contributed by atoms with van der Waals surface area (Å²) in [6.45, 7) is 24.3. The minimum atomic E-state index is 0.401. The van der Waals surface area contributed by atoms with Gasteiger partial charge in [-0.25, -0.2) is 0 Å². The molecule has 0 bridgehead atoms. The van der Waals surface area contributed by atoms with E-state index in [0.717, 1.165) is 24.2 Å². The highest BCUT2D eigenvalue weighted by molar-refractivity contribution is 5.64. The lowest BCUT2D eigenvalue weighted by molar-refractivity contribution is 0.199. The Morgan fingerprint density at radius 3 is 2.16 bits per heavy atom. The molecule has 1 atom stereocenters. The molecule has 0 aromatic heterocycles. The van der Waals surface area contributed by atoms with E-state index in [1.54, 1.807) is 0 Å². The summed E-state index contributed by atoms with van der Waals surface area (Å²) in [7, 11) is 0. The van der Waals surface area contributed by atoms with Gasteiger partial charge in [0.05, 0.1) is 11.9 Å². The van der Waals surface area contributed by atoms with E-state index in [-0.39, 0.29) is 0 Å². The Balaban J connectivity index is 0.000000968. The Labute approximate surface area is 193 Å². The van der Waals surface area contributed by atoms with Gasteiger partial charge in [0, 0.05) is 0 Å². The second-order valence-electron chi connectivity index (χ2n) is 8.29. The van der Waals surface area contributed by atoms with Crippen molar-refractivity contribution in [3.63, 3.8) is 0 Å². The zero-order valence-corrected chi connectivity index (χ0v) is 21.0. The maximum atomic E-state index is 5.78. The largest absolute Gasteiger partial charge is 0.495 e. The number of ether oxygens (including phenoxy) is 1. The number of hydrogen-bond acceptors (Lipinski definition) is 1. The van der Waals surface area contributed by atoms with Crippen LogP contribution in [0.1, 0.15) is 84.8 Å². The summed E-state index contributed by atoms with van der Waals surface area (Å²) in [5, 5.41) is 0. The van der Waals surface area contributed by atoms with E-state index in [1.807, 2.05) is 19.1 Å². The van der Waals surface area contributed by atoms with Crippen molar-refractivity contribution in [2.24, 2.45) is 5.92 Å². The minimum Gasteiger partial charge on any atom is -0.495 e. The van der Waals surface area contributed by atoms with Gasteiger partial charge in [0.15, 0.2) is 0 Å². The first-order chi connectivity index (χ1) is 14.8. The molecule has 0 N–H and O–H groups in total. The lowest BCUT2D eigenvalue weighted by Crippen LogP contribution is -2.04. The number of allylic oxidation sites excluding steroid dienone is 7. The van der Waals surface area contributed by atoms with Crippen molar-refractivity contribution in [3.8, 4) is 0 Å². The molecular weight excluding hydrogens is 376 g/mol. The Bertz CT molecular complexity index is 716. The summed E-state index contributed by atoms with van der Waals surface area (Å²) in [4.78, 5) is 0. The van der Waals surface area contributed by atoms with Gasteiger partial charge in [-0.1, -0.05) is 102 Å². The zero-order chi connectivity index (χ0) is 23.6. The van der Waals surface area contributed by atoms with Crippen LogP contribution in [0.5, 0.6) is 0 Å². The first-order valence-corrected chi connectivity index (χ1v) is 11.9. The fraction of sp³-hybridized carbons (Fsp3) is 0.467. The molecule has 0 radical (unpaired) electrons. The smallest absolute Gasteiger partial charge is 0.0985 e. The molecule has 0 saturated heterocycles. The van der Waals surface area contributed by atoms with Crippen LogP contribution in [0.15, 0.2) is 79.6 Å². The molecule has 1 heteroatoms. The number of unbranched alkanes of at least 4 members (excludes halogenated alkanes) is 1. The summed E-state index contributed by atoms with van der Waals surface area (Å²) in [6.07, 6.45) is 15.5. The topological polar surface area (TPSA) is 9.23 Å². The molecule has 1 saturated carbocycles. The highest BCUT2D eigenvalue weighted by Gasteiger charge is 2.23. The second kappa shape index (κ2) is 17.4. The van der Waals surface area contributed by atoms with Gasteiger partial charge < -0.3 is 4.74 Å². The third-order valence-corrected chi connectivity index (χ3v) is 4.69. The molecule has 1 aromatic carbocycles. The molecular formula is C30H46O. The summed E-state index contributed by atoms with van der Waals surface area (Å²) < 4.78 is 5.78. The molecule has 0 amide bonds. The highest BCUT2D eigenvalue weighted by atomic mass is 16.5. The average molecular weight is 423 g/mol. The predicted octanol–water partition coefficient (Wildman–Crippen LogP) is 9.48. The molecule has 0 spiro atoms. The molecule has 1 unspecified atom stereocenters. The van der Waals surface area contributed by atoms with Crippen molar-refractivity contribution in [1.29, 1.82) is 0 Å². The van der Waals surface area contributed by atoms with Crippen molar-refractivity contribution in [2.75, 3.05) is 0 Å². The zero-order valence-electron chi connectivity index (χ0n) is 21.0. The van der Waals surface area contributed by atoms with Crippen LogP contribution in [0.3, 0.4) is 0 Å². The maximum Gasteiger partial charge on any atom is 0.0985 e. The Morgan fingerprint density at radius 2 is 1.71 bits per heavy atom. The van der Waals surface area contributed by atoms with Crippen LogP contribution in [0.2, 0.25) is 0 Å². The van der Waals surface area contributed by atoms with E-state index in [0.29, 0.717) is 12.0 Å². The molecule has 2 rings (SSSR count). The molecule has 0 aliphatic heterocycles. The first-order valence-electron chi connectivity index (χ1n) is 11.9. The number of benzene rings is 1. The molecule has 172 valence electrons. The van der Waals surface area contributed by atoms with Gasteiger partial charge in [-0.15, -0.1) is 6.58 Å². The average Bonchev–Trinajstić information content (AvgIpc) is 3.54. The quantitative estimate of drug-likeness (QED) is 0.207. The Hall–Kier alpha value is -2.28. The third-order valence-electron chi connectivity index (χ3n) is 4.69. The number of hydrogen-bond donors (Lipinski definition) is 0. The van der Waals surface area contributed by atoms with Crippen LogP contribution >= 0.6 is 0 Å². The Morgan fingerprint density at radius 1 is 1.10 bits per heavy atom. The third kappa shape index (κ3) is 13.6. The molecule has 0 heterocycles. The van der Waals surface area contributed by atoms with Gasteiger partial charge in [0.25, 0.3) is 0 Å². The molecule has 1 fully saturated rings. The van der Waals surface area contributed by atoms with Crippen LogP contribution in [0, 0.1) is 5.92 Å². The van der Waals surface area contributed by atoms with E-state index >= 15 is 0 Å². The van der Waals surface area contributed by atoms with Crippen molar-refractivity contribution in [3.05, 3.63) is 90.8 Å². The van der Waals surface area contributed by atoms with Crippen LogP contribution in [-0.4, -0.2) is 6.10 Å². The maximum absolute atomic E-state index is 5.78. The van der Waals surface area contributed by atoms with Gasteiger partial charge in [0.2, 0.25) is 0 Å². The predicted molar refractivity (Wildman–Crippen MR) is 141 cm³/mol. The van der Waals surface area contributed by atoms with Crippen molar-refractivity contribution in [1.82, 2.24) is 0 Å². The molecule has 1 aliphatic carbocycles. The van der Waals surface area contributed by atoms with Gasteiger partial charge in [-0.2, -0.15) is 0 Å². The SMILES string of the molecule is C=C/C(=C\C=C(/C)OC1CC1)C(C)Cc1ccccc1C(=C)C.C=CCCC.CCC. The van der Waals surface area contributed by atoms with Gasteiger partial charge >= 0.3 is 0 Å². The summed E-state index contributed by atoms with van der Waals surface area (Å²) in [5.41, 5.74) is 4.95. The van der Waals surface area contributed by atoms with Crippen molar-refractivity contribution < 1.29 is 4.74 Å². The van der Waals surface area contributed by atoms with Crippen LogP contribution in [0.4, 0.5) is 0 Å². The molecule has 1 aromatic rings. The molecule has 1 aliphatic rings. The van der Waals surface area contributed by atoms with E-state index in [9.17, 15) is 0 Å². The van der Waals surface area contributed by atoms with Crippen LogP contribution in [-0.2, 0) is 11.2 Å². The number of rotatable bonds is 10. The fourth-order valence-electron chi connectivity index (χ4n) is 2.90. The normalized spacial score (nSPS) is 14.3. The molecule has 31 heavy (non-hydrogen) atoms. The van der Waals surface area contributed by atoms with Crippen LogP contribution in [0.25, 0.3) is 5.57 Å². The molecule has 1 nitrogen and oxygen atoms in total. The second-order valence-corrected chi connectivity index (χ2v) is 8.29. The van der Waals surface area contributed by atoms with Crippen molar-refractivity contribution in [2.45, 2.75) is 86.2 Å². The lowest BCUT2D eigenvalue weighted by Gasteiger charge is -2.16. The summed E-state index contributed by atoms with van der Waals surface area (Å²) in [5.74, 6) is 1.39. The van der Waals surface area contributed by atoms with E-state index < -0.39 is 0 Å². The van der Waals surface area contributed by atoms with E-state index in [2.05, 4.69) is 90.8 Å². The van der Waals surface area contributed by atoms with Crippen molar-refractivity contribution >= 4 is 5.57 Å². The van der Waals surface area contributed by atoms with Crippen LogP contribution < -0.4 is 0 Å². The monoisotopic (exact) mass is 422 g/mol. The van der Waals surface area contributed by atoms with Gasteiger partial charge in [-0.3, -0.25) is 0 Å². The fourth-order valence-corrected chi connectivity index (χ4v) is 2.90. The minimum absolute atomic E-state index is 0.401. The highest BCUT2D eigenvalue weighted by Crippen LogP contribution is 2.27.